The van der Waals surface area contributed by atoms with Gasteiger partial charge in [-0.25, -0.2) is 8.42 Å². The molecule has 1 aromatic rings. The highest BCUT2D eigenvalue weighted by atomic mass is 32.2. The average Bonchev–Trinajstić information content (AvgIpc) is 2.52. The number of rotatable bonds is 1. The largest absolute Gasteiger partial charge is 0.744 e. The van der Waals surface area contributed by atoms with Gasteiger partial charge in [-0.15, -0.1) is 0 Å². The van der Waals surface area contributed by atoms with E-state index < -0.39 is 10.1 Å². The number of benzene rings is 1. The Bertz CT molecular complexity index is 537. The molecule has 0 bridgehead atoms. The number of hydrogen-bond acceptors (Lipinski definition) is 4. The number of aliphatic hydroxyl groups excluding tert-OH is 1. The molecule has 1 aromatic carbocycles. The second kappa shape index (κ2) is 7.35. The summed E-state index contributed by atoms with van der Waals surface area (Å²) in [6.45, 7) is 2.95. The van der Waals surface area contributed by atoms with E-state index >= 15 is 0 Å². The molecule has 0 aliphatic carbocycles. The molecule has 6 heteroatoms. The standard InChI is InChI=1S/C8H18NO.C7H8O3S/c1-9(2)7-5-3-4-6-8(9)10;1-6-2-4-7(5-3-6)11(8,9)10/h8,10H,3-7H2,1-2H3;2-5H,1H3,(H,8,9,10)/q+1;/p-1. The molecule has 5 nitrogen and oxygen atoms in total. The SMILES string of the molecule is C[N+]1(C)CCCCCC1O.Cc1ccc(S(=O)(=O)[O-])cc1. The van der Waals surface area contributed by atoms with Crippen molar-refractivity contribution < 1.29 is 22.6 Å². The zero-order valence-electron chi connectivity index (χ0n) is 12.9. The van der Waals surface area contributed by atoms with Gasteiger partial charge in [0.1, 0.15) is 10.1 Å². The number of hydrogen-bond donors (Lipinski definition) is 1. The van der Waals surface area contributed by atoms with Crippen LogP contribution in [0.1, 0.15) is 31.2 Å². The lowest BCUT2D eigenvalue weighted by molar-refractivity contribution is -0.936. The molecular formula is C15H25NO4S. The average molecular weight is 315 g/mol. The minimum atomic E-state index is -4.27. The summed E-state index contributed by atoms with van der Waals surface area (Å²) in [7, 11) is -0.0553. The Kier molecular flexibility index (Phi) is 6.34. The van der Waals surface area contributed by atoms with Gasteiger partial charge in [0.15, 0.2) is 6.23 Å². The van der Waals surface area contributed by atoms with Crippen molar-refractivity contribution in [1.29, 1.82) is 0 Å². The summed E-state index contributed by atoms with van der Waals surface area (Å²) in [6, 6.07) is 5.78. The van der Waals surface area contributed by atoms with Crippen LogP contribution in [0.15, 0.2) is 29.2 Å². The first-order chi connectivity index (χ1) is 9.63. The molecule has 1 fully saturated rings. The van der Waals surface area contributed by atoms with Gasteiger partial charge in [-0.05, 0) is 38.3 Å². The van der Waals surface area contributed by atoms with Crippen molar-refractivity contribution in [2.24, 2.45) is 0 Å². The van der Waals surface area contributed by atoms with Crippen LogP contribution in [-0.4, -0.2) is 49.4 Å². The van der Waals surface area contributed by atoms with Crippen LogP contribution in [0.25, 0.3) is 0 Å². The first kappa shape index (κ1) is 18.1. The summed E-state index contributed by atoms with van der Waals surface area (Å²) >= 11 is 0. The predicted molar refractivity (Wildman–Crippen MR) is 80.6 cm³/mol. The third-order valence-corrected chi connectivity index (χ3v) is 4.66. The molecule has 0 saturated carbocycles. The highest BCUT2D eigenvalue weighted by Gasteiger charge is 2.27. The molecule has 0 amide bonds. The van der Waals surface area contributed by atoms with Gasteiger partial charge in [-0.3, -0.25) is 0 Å². The molecule has 0 spiro atoms. The van der Waals surface area contributed by atoms with Gasteiger partial charge in [0.25, 0.3) is 0 Å². The Balaban J connectivity index is 0.000000211. The molecule has 0 aromatic heterocycles. The number of aryl methyl sites for hydroxylation is 1. The summed E-state index contributed by atoms with van der Waals surface area (Å²) in [5, 5.41) is 9.59. The summed E-state index contributed by atoms with van der Waals surface area (Å²) in [4.78, 5) is -0.178. The molecule has 1 saturated heterocycles. The van der Waals surface area contributed by atoms with Gasteiger partial charge in [0.2, 0.25) is 0 Å². The highest BCUT2D eigenvalue weighted by molar-refractivity contribution is 7.85. The van der Waals surface area contributed by atoms with Crippen molar-refractivity contribution in [2.45, 2.75) is 43.7 Å². The van der Waals surface area contributed by atoms with Crippen LogP contribution < -0.4 is 0 Å². The van der Waals surface area contributed by atoms with E-state index in [0.29, 0.717) is 0 Å². The van der Waals surface area contributed by atoms with Crippen LogP contribution in [0.2, 0.25) is 0 Å². The van der Waals surface area contributed by atoms with Crippen LogP contribution in [0.5, 0.6) is 0 Å². The summed E-state index contributed by atoms with van der Waals surface area (Å²) < 4.78 is 32.0. The number of nitrogens with zero attached hydrogens (tertiary/aromatic N) is 1. The van der Waals surface area contributed by atoms with Gasteiger partial charge in [0.05, 0.1) is 25.5 Å². The van der Waals surface area contributed by atoms with Gasteiger partial charge >= 0.3 is 0 Å². The number of likely N-dealkylation sites (tertiary alicyclic amines) is 1. The third-order valence-electron chi connectivity index (χ3n) is 3.81. The van der Waals surface area contributed by atoms with E-state index in [1.165, 1.54) is 31.4 Å². The van der Waals surface area contributed by atoms with Crippen molar-refractivity contribution in [1.82, 2.24) is 0 Å². The van der Waals surface area contributed by atoms with Gasteiger partial charge < -0.3 is 14.1 Å². The quantitative estimate of drug-likeness (QED) is 0.634. The fourth-order valence-electron chi connectivity index (χ4n) is 2.23. The predicted octanol–water partition coefficient (Wildman–Crippen LogP) is 1.85. The Morgan fingerprint density at radius 2 is 1.71 bits per heavy atom. The van der Waals surface area contributed by atoms with Crippen molar-refractivity contribution in [3.63, 3.8) is 0 Å². The third kappa shape index (κ3) is 6.13. The number of quaternary nitrogens is 1. The lowest BCUT2D eigenvalue weighted by Crippen LogP contribution is -2.48. The first-order valence-corrected chi connectivity index (χ1v) is 8.57. The van der Waals surface area contributed by atoms with Crippen molar-refractivity contribution in [3.8, 4) is 0 Å². The van der Waals surface area contributed by atoms with Gasteiger partial charge in [0, 0.05) is 6.42 Å². The molecule has 0 radical (unpaired) electrons. The molecule has 1 aliphatic rings. The molecule has 1 N–H and O–H groups in total. The van der Waals surface area contributed by atoms with Crippen LogP contribution in [0.3, 0.4) is 0 Å². The number of aliphatic hydroxyl groups is 1. The van der Waals surface area contributed by atoms with Crippen LogP contribution in [-0.2, 0) is 10.1 Å². The van der Waals surface area contributed by atoms with E-state index in [1.807, 2.05) is 6.92 Å². The van der Waals surface area contributed by atoms with E-state index in [2.05, 4.69) is 14.1 Å². The zero-order chi connectivity index (χ0) is 16.1. The minimum Gasteiger partial charge on any atom is -0.744 e. The second-order valence-electron chi connectivity index (χ2n) is 6.10. The van der Waals surface area contributed by atoms with Gasteiger partial charge in [-0.1, -0.05) is 17.7 Å². The zero-order valence-corrected chi connectivity index (χ0v) is 13.8. The van der Waals surface area contributed by atoms with Crippen LogP contribution in [0.4, 0.5) is 0 Å². The highest BCUT2D eigenvalue weighted by Crippen LogP contribution is 2.18. The van der Waals surface area contributed by atoms with Gasteiger partial charge in [-0.2, -0.15) is 0 Å². The Labute approximate surface area is 127 Å². The van der Waals surface area contributed by atoms with E-state index in [4.69, 9.17) is 0 Å². The van der Waals surface area contributed by atoms with E-state index in [0.717, 1.165) is 23.0 Å². The maximum atomic E-state index is 10.4. The summed E-state index contributed by atoms with van der Waals surface area (Å²) in [5.41, 5.74) is 0.928. The molecule has 1 aliphatic heterocycles. The normalized spacial score (nSPS) is 21.9. The van der Waals surface area contributed by atoms with E-state index in [1.54, 1.807) is 12.1 Å². The van der Waals surface area contributed by atoms with E-state index in [-0.39, 0.29) is 11.1 Å². The monoisotopic (exact) mass is 315 g/mol. The minimum absolute atomic E-state index is 0.123. The second-order valence-corrected chi connectivity index (χ2v) is 7.48. The summed E-state index contributed by atoms with van der Waals surface area (Å²) in [5.74, 6) is 0. The Morgan fingerprint density at radius 3 is 2.24 bits per heavy atom. The fraction of sp³-hybridized carbons (Fsp3) is 0.600. The first-order valence-electron chi connectivity index (χ1n) is 7.16. The van der Waals surface area contributed by atoms with E-state index in [9.17, 15) is 18.1 Å². The van der Waals surface area contributed by atoms with Crippen molar-refractivity contribution >= 4 is 10.1 Å². The Hall–Kier alpha value is -0.950. The molecule has 1 heterocycles. The Morgan fingerprint density at radius 1 is 1.14 bits per heavy atom. The smallest absolute Gasteiger partial charge is 0.190 e. The summed E-state index contributed by atoms with van der Waals surface area (Å²) in [6.07, 6.45) is 4.61. The topological polar surface area (TPSA) is 77.4 Å². The van der Waals surface area contributed by atoms with Crippen molar-refractivity contribution in [2.75, 3.05) is 20.6 Å². The lowest BCUT2D eigenvalue weighted by Gasteiger charge is -2.32. The molecule has 21 heavy (non-hydrogen) atoms. The maximum Gasteiger partial charge on any atom is 0.190 e. The molecule has 1 atom stereocenters. The fourth-order valence-corrected chi connectivity index (χ4v) is 2.70. The molecular weight excluding hydrogens is 290 g/mol. The van der Waals surface area contributed by atoms with Crippen molar-refractivity contribution in [3.05, 3.63) is 29.8 Å². The van der Waals surface area contributed by atoms with Crippen LogP contribution >= 0.6 is 0 Å². The molecule has 1 unspecified atom stereocenters. The molecule has 2 rings (SSSR count). The maximum absolute atomic E-state index is 10.4. The van der Waals surface area contributed by atoms with Crippen LogP contribution in [0, 0.1) is 6.92 Å². The lowest BCUT2D eigenvalue weighted by atomic mass is 10.2. The molecule has 120 valence electrons.